The van der Waals surface area contributed by atoms with Crippen LogP contribution in [0.2, 0.25) is 0 Å². The molecule has 12 aromatic rings. The van der Waals surface area contributed by atoms with Crippen molar-refractivity contribution >= 4 is 34.1 Å². The van der Waals surface area contributed by atoms with Crippen molar-refractivity contribution in [3.8, 4) is 56.5 Å². The zero-order chi connectivity index (χ0) is 55.5. The zero-order valence-corrected chi connectivity index (χ0v) is 51.4. The van der Waals surface area contributed by atoms with Gasteiger partial charge in [0.25, 0.3) is 0 Å². The molecule has 83 heavy (non-hydrogen) atoms. The minimum Gasteiger partial charge on any atom is -0.453 e. The van der Waals surface area contributed by atoms with Crippen LogP contribution < -0.4 is 14.5 Å². The third-order valence-electron chi connectivity index (χ3n) is 14.2. The van der Waals surface area contributed by atoms with Crippen LogP contribution in [-0.2, 0) is 45.6 Å². The molecule has 6 heterocycles. The molecule has 2 aliphatic rings. The van der Waals surface area contributed by atoms with Crippen LogP contribution in [0.25, 0.3) is 45.0 Å². The van der Waals surface area contributed by atoms with Crippen molar-refractivity contribution in [2.24, 2.45) is 0 Å². The number of rotatable bonds is 6. The normalized spacial score (nSPS) is 11.9. The molecular formula is C74H58Ir2N6O-4. The average Bonchev–Trinajstić information content (AvgIpc) is 1.90. The first-order chi connectivity index (χ1) is 39.7. The summed E-state index contributed by atoms with van der Waals surface area (Å²) in [6.45, 7) is 10.8. The summed E-state index contributed by atoms with van der Waals surface area (Å²) in [7, 11) is 0. The monoisotopic (exact) mass is 1430 g/mol. The number of fused-ring (bicyclic) bond motifs is 4. The summed E-state index contributed by atoms with van der Waals surface area (Å²) >= 11 is 0. The maximum atomic E-state index is 6.08. The van der Waals surface area contributed by atoms with Crippen molar-refractivity contribution in [1.29, 1.82) is 0 Å². The summed E-state index contributed by atoms with van der Waals surface area (Å²) in [5.41, 5.74) is 20.9. The predicted octanol–water partition coefficient (Wildman–Crippen LogP) is 18.8. The fourth-order valence-electron chi connectivity index (χ4n) is 10.3. The van der Waals surface area contributed by atoms with Crippen LogP contribution in [0, 0.1) is 45.0 Å². The number of aryl methyl sites for hydroxylation is 3. The molecule has 0 bridgehead atoms. The summed E-state index contributed by atoms with van der Waals surface area (Å²) in [6, 6.07) is 92.9. The van der Waals surface area contributed by atoms with Gasteiger partial charge in [0.05, 0.1) is 11.4 Å². The Kier molecular flexibility index (Phi) is 19.3. The van der Waals surface area contributed by atoms with Gasteiger partial charge in [0.2, 0.25) is 0 Å². The first-order valence-electron chi connectivity index (χ1n) is 27.0. The number of nitrogens with zero attached hydrogens (tertiary/aromatic N) is 6. The molecule has 4 aromatic heterocycles. The molecule has 412 valence electrons. The molecule has 0 saturated carbocycles. The summed E-state index contributed by atoms with van der Waals surface area (Å²) in [4.78, 5) is 22.1. The van der Waals surface area contributed by atoms with Crippen LogP contribution in [0.3, 0.4) is 0 Å². The van der Waals surface area contributed by atoms with Gasteiger partial charge < -0.3 is 34.5 Å². The SMILES string of the molecule is CC1(C)c2ccccc2N(c2cc[c-]c(-c3ccccn3)c2)c2ccccc21.Cc1c[c-]c(-c2ccccn2)c(C)c1.Cc1cccnc1-c1[c-]cccc1.[Ir].[Ir].[c-]1ccc(N2c3ccccc3Oc3ccccc32)cc1-c1ccccn1. The molecule has 0 atom stereocenters. The van der Waals surface area contributed by atoms with E-state index < -0.39 is 0 Å². The van der Waals surface area contributed by atoms with E-state index in [-0.39, 0.29) is 45.6 Å². The predicted molar refractivity (Wildman–Crippen MR) is 330 cm³/mol. The minimum atomic E-state index is -0.0472. The number of hydrogen-bond acceptors (Lipinski definition) is 7. The fraction of sp³-hybridized carbons (Fsp3) is 0.0811. The Morgan fingerprint density at radius 2 is 0.843 bits per heavy atom. The molecule has 2 aliphatic heterocycles. The van der Waals surface area contributed by atoms with Gasteiger partial charge in [-0.2, -0.15) is 0 Å². The standard InChI is InChI=1S/C26H21N2.C23H15N2O.C13H12N.C12H10N.2Ir/c1-26(2)21-12-3-5-15-24(21)28(25-16-6-4-13-22(25)26)20-11-9-10-19(18-20)23-14-7-8-17-27-23;1-3-13-22-20(11-1)25(21-12-2-4-14-23(21)26-22)18-9-7-8-17(16-18)19-10-5-6-15-24-19;1-10-6-7-12(11(2)9-10)13-5-3-4-8-14-13;1-10-6-5-9-13-12(10)11-7-3-2-4-8-11;;/h3-9,11-18H,1-2H3;1-7,9-16H;3-6,8-9H,1-2H3;2-7,9H,1H3;;/q4*-1;;. The average molecular weight is 1430 g/mol. The van der Waals surface area contributed by atoms with Gasteiger partial charge in [-0.05, 0) is 113 Å². The molecule has 9 heteroatoms. The smallest absolute Gasteiger partial charge is 0.151 e. The largest absolute Gasteiger partial charge is 0.453 e. The number of para-hydroxylation sites is 6. The Balaban J connectivity index is 0.000000139. The van der Waals surface area contributed by atoms with Crippen molar-refractivity contribution in [3.05, 3.63) is 313 Å². The number of hydrogen-bond donors (Lipinski definition) is 0. The zero-order valence-electron chi connectivity index (χ0n) is 46.6. The summed E-state index contributed by atoms with van der Waals surface area (Å²) in [5.74, 6) is 1.69. The number of aromatic nitrogens is 4. The van der Waals surface area contributed by atoms with E-state index >= 15 is 0 Å². The molecule has 0 unspecified atom stereocenters. The molecule has 14 rings (SSSR count). The topological polar surface area (TPSA) is 67.3 Å². The van der Waals surface area contributed by atoms with Crippen LogP contribution in [0.4, 0.5) is 34.1 Å². The number of benzene rings is 8. The molecule has 0 spiro atoms. The molecule has 2 radical (unpaired) electrons. The van der Waals surface area contributed by atoms with Crippen molar-refractivity contribution in [3.63, 3.8) is 0 Å². The second-order valence-electron chi connectivity index (χ2n) is 20.1. The van der Waals surface area contributed by atoms with E-state index in [4.69, 9.17) is 4.74 Å². The molecule has 0 N–H and O–H groups in total. The molecule has 0 amide bonds. The Morgan fingerprint density at radius 1 is 0.386 bits per heavy atom. The number of ether oxygens (including phenoxy) is 1. The van der Waals surface area contributed by atoms with E-state index in [1.165, 1.54) is 39.2 Å². The van der Waals surface area contributed by atoms with Crippen LogP contribution in [-0.4, -0.2) is 19.9 Å². The van der Waals surface area contributed by atoms with E-state index in [0.29, 0.717) is 0 Å². The molecule has 0 saturated heterocycles. The van der Waals surface area contributed by atoms with Crippen LogP contribution in [0.5, 0.6) is 11.5 Å². The maximum Gasteiger partial charge on any atom is 0.151 e. The first kappa shape index (κ1) is 58.7. The third-order valence-corrected chi connectivity index (χ3v) is 14.2. The van der Waals surface area contributed by atoms with E-state index in [2.05, 4.69) is 186 Å². The van der Waals surface area contributed by atoms with Crippen LogP contribution in [0.15, 0.2) is 261 Å². The van der Waals surface area contributed by atoms with Crippen molar-refractivity contribution < 1.29 is 44.9 Å². The first-order valence-corrected chi connectivity index (χ1v) is 27.0. The summed E-state index contributed by atoms with van der Waals surface area (Å²) in [5, 5.41) is 0. The Labute approximate surface area is 515 Å². The van der Waals surface area contributed by atoms with Crippen LogP contribution in [0.1, 0.15) is 41.7 Å². The van der Waals surface area contributed by atoms with Crippen molar-refractivity contribution in [2.75, 3.05) is 9.80 Å². The van der Waals surface area contributed by atoms with E-state index in [1.807, 2.05) is 158 Å². The molecule has 8 aromatic carbocycles. The van der Waals surface area contributed by atoms with Crippen molar-refractivity contribution in [1.82, 2.24) is 19.9 Å². The summed E-state index contributed by atoms with van der Waals surface area (Å²) < 4.78 is 6.08. The second kappa shape index (κ2) is 27.2. The molecule has 0 aliphatic carbocycles. The molecular weight excluding hydrogens is 1370 g/mol. The second-order valence-corrected chi connectivity index (χ2v) is 20.1. The quantitative estimate of drug-likeness (QED) is 0.154. The van der Waals surface area contributed by atoms with Gasteiger partial charge in [0, 0.05) is 81.8 Å². The van der Waals surface area contributed by atoms with E-state index in [0.717, 1.165) is 79.3 Å². The number of pyridine rings is 4. The fourth-order valence-corrected chi connectivity index (χ4v) is 10.3. The number of anilines is 6. The Hall–Kier alpha value is -8.94. The maximum absolute atomic E-state index is 6.08. The van der Waals surface area contributed by atoms with Gasteiger partial charge in [-0.3, -0.25) is 0 Å². The van der Waals surface area contributed by atoms with E-state index in [1.54, 1.807) is 6.20 Å². The van der Waals surface area contributed by atoms with Gasteiger partial charge in [0.1, 0.15) is 0 Å². The Bertz CT molecular complexity index is 3970. The molecule has 0 fully saturated rings. The van der Waals surface area contributed by atoms with Gasteiger partial charge in [-0.1, -0.05) is 136 Å². The van der Waals surface area contributed by atoms with Gasteiger partial charge in [0.15, 0.2) is 11.5 Å². The third kappa shape index (κ3) is 13.2. The van der Waals surface area contributed by atoms with Crippen LogP contribution >= 0.6 is 0 Å². The minimum absolute atomic E-state index is 0. The van der Waals surface area contributed by atoms with Gasteiger partial charge in [-0.15, -0.1) is 130 Å². The van der Waals surface area contributed by atoms with Gasteiger partial charge >= 0.3 is 0 Å². The molecule has 7 nitrogen and oxygen atoms in total. The Morgan fingerprint density at radius 3 is 1.34 bits per heavy atom. The van der Waals surface area contributed by atoms with E-state index in [9.17, 15) is 0 Å². The van der Waals surface area contributed by atoms with Crippen molar-refractivity contribution in [2.45, 2.75) is 40.0 Å². The summed E-state index contributed by atoms with van der Waals surface area (Å²) in [6.07, 6.45) is 7.24. The van der Waals surface area contributed by atoms with Gasteiger partial charge in [-0.25, -0.2) is 0 Å².